The van der Waals surface area contributed by atoms with Gasteiger partial charge in [0.1, 0.15) is 5.75 Å². The van der Waals surface area contributed by atoms with E-state index >= 15 is 0 Å². The molecule has 0 radical (unpaired) electrons. The van der Waals surface area contributed by atoms with E-state index in [-0.39, 0.29) is 12.1 Å². The Morgan fingerprint density at radius 1 is 1.43 bits per heavy atom. The molecule has 0 spiro atoms. The molecule has 2 heterocycles. The van der Waals surface area contributed by atoms with Crippen molar-refractivity contribution in [2.45, 2.75) is 25.0 Å². The van der Waals surface area contributed by atoms with E-state index < -0.39 is 0 Å². The maximum atomic E-state index is 6.25. The molecule has 1 N–H and O–H groups in total. The summed E-state index contributed by atoms with van der Waals surface area (Å²) in [6.45, 7) is 3.51. The number of hydrogen-bond acceptors (Lipinski definition) is 4. The number of hydrogen-bond donors (Lipinski definition) is 1. The molecule has 0 aliphatic carbocycles. The molecule has 1 aromatic rings. The van der Waals surface area contributed by atoms with Gasteiger partial charge in [0, 0.05) is 30.6 Å². The second-order valence-electron chi connectivity index (χ2n) is 5.92. The first-order valence-electron chi connectivity index (χ1n) is 7.59. The number of fused-ring (bicyclic) bond motifs is 1. The zero-order valence-corrected chi connectivity index (χ0v) is 13.4. The summed E-state index contributed by atoms with van der Waals surface area (Å²) in [4.78, 5) is 2.32. The van der Waals surface area contributed by atoms with E-state index in [4.69, 9.17) is 21.1 Å². The fourth-order valence-corrected chi connectivity index (χ4v) is 3.47. The van der Waals surface area contributed by atoms with Crippen LogP contribution in [0.2, 0.25) is 5.02 Å². The average molecular weight is 311 g/mol. The third kappa shape index (κ3) is 3.34. The molecule has 2 aliphatic rings. The Morgan fingerprint density at radius 2 is 2.29 bits per heavy atom. The van der Waals surface area contributed by atoms with Gasteiger partial charge in [0.25, 0.3) is 0 Å². The second-order valence-corrected chi connectivity index (χ2v) is 6.36. The van der Waals surface area contributed by atoms with Gasteiger partial charge in [-0.2, -0.15) is 0 Å². The highest BCUT2D eigenvalue weighted by atomic mass is 35.5. The number of likely N-dealkylation sites (N-methyl/N-ethyl adjacent to an activating group) is 2. The summed E-state index contributed by atoms with van der Waals surface area (Å²) in [6.07, 6.45) is 2.03. The number of nitrogens with one attached hydrogen (secondary N) is 1. The van der Waals surface area contributed by atoms with Crippen LogP contribution in [-0.2, 0) is 17.6 Å². The Balaban J connectivity index is 1.78. The van der Waals surface area contributed by atoms with Gasteiger partial charge in [0.15, 0.2) is 0 Å². The molecule has 2 unspecified atom stereocenters. The second kappa shape index (κ2) is 6.53. The van der Waals surface area contributed by atoms with Crippen molar-refractivity contribution in [3.63, 3.8) is 0 Å². The Labute approximate surface area is 131 Å². The largest absolute Gasteiger partial charge is 0.493 e. The number of ether oxygens (including phenoxy) is 2. The quantitative estimate of drug-likeness (QED) is 0.918. The van der Waals surface area contributed by atoms with E-state index in [1.54, 1.807) is 0 Å². The SMILES string of the molecule is CNC(Cc1cc(Cl)cc2c1OCC2)C1CN(C)CCO1. The van der Waals surface area contributed by atoms with Crippen LogP contribution in [0, 0.1) is 0 Å². The number of benzene rings is 1. The fraction of sp³-hybridized carbons (Fsp3) is 0.625. The van der Waals surface area contributed by atoms with Crippen molar-refractivity contribution in [2.75, 3.05) is 40.4 Å². The van der Waals surface area contributed by atoms with Gasteiger partial charge >= 0.3 is 0 Å². The Hall–Kier alpha value is -0.810. The van der Waals surface area contributed by atoms with E-state index in [2.05, 4.69) is 17.3 Å². The van der Waals surface area contributed by atoms with Crippen molar-refractivity contribution in [3.8, 4) is 5.75 Å². The Morgan fingerprint density at radius 3 is 3.05 bits per heavy atom. The van der Waals surface area contributed by atoms with Crippen LogP contribution in [0.25, 0.3) is 0 Å². The van der Waals surface area contributed by atoms with Crippen LogP contribution in [0.5, 0.6) is 5.75 Å². The fourth-order valence-electron chi connectivity index (χ4n) is 3.21. The number of rotatable bonds is 4. The molecule has 1 fully saturated rings. The van der Waals surface area contributed by atoms with Crippen LogP contribution in [0.3, 0.4) is 0 Å². The van der Waals surface area contributed by atoms with Crippen molar-refractivity contribution in [1.82, 2.24) is 10.2 Å². The summed E-state index contributed by atoms with van der Waals surface area (Å²) in [7, 11) is 4.14. The molecule has 21 heavy (non-hydrogen) atoms. The van der Waals surface area contributed by atoms with Gasteiger partial charge in [-0.1, -0.05) is 11.6 Å². The molecule has 2 aliphatic heterocycles. The highest BCUT2D eigenvalue weighted by Gasteiger charge is 2.28. The van der Waals surface area contributed by atoms with Crippen molar-refractivity contribution in [3.05, 3.63) is 28.3 Å². The van der Waals surface area contributed by atoms with Crippen LogP contribution in [-0.4, -0.2) is 57.4 Å². The lowest BCUT2D eigenvalue weighted by atomic mass is 9.97. The van der Waals surface area contributed by atoms with E-state index in [1.165, 1.54) is 11.1 Å². The van der Waals surface area contributed by atoms with Gasteiger partial charge in [0.2, 0.25) is 0 Å². The van der Waals surface area contributed by atoms with Crippen molar-refractivity contribution in [2.24, 2.45) is 0 Å². The maximum absolute atomic E-state index is 6.25. The van der Waals surface area contributed by atoms with Crippen LogP contribution >= 0.6 is 11.6 Å². The minimum absolute atomic E-state index is 0.199. The standard InChI is InChI=1S/C16H23ClN2O2/c1-18-14(15-10-19(2)4-6-20-15)9-12-8-13(17)7-11-3-5-21-16(11)12/h7-8,14-15,18H,3-6,9-10H2,1-2H3. The summed E-state index contributed by atoms with van der Waals surface area (Å²) in [5, 5.41) is 4.20. The predicted molar refractivity (Wildman–Crippen MR) is 84.4 cm³/mol. The number of morpholine rings is 1. The zero-order chi connectivity index (χ0) is 14.8. The van der Waals surface area contributed by atoms with Crippen molar-refractivity contribution in [1.29, 1.82) is 0 Å². The highest BCUT2D eigenvalue weighted by molar-refractivity contribution is 6.30. The third-order valence-electron chi connectivity index (χ3n) is 4.38. The molecule has 0 aromatic heterocycles. The maximum Gasteiger partial charge on any atom is 0.125 e. The van der Waals surface area contributed by atoms with Crippen LogP contribution in [0.15, 0.2) is 12.1 Å². The summed E-state index contributed by atoms with van der Waals surface area (Å²) in [5.41, 5.74) is 2.42. The molecule has 1 aromatic carbocycles. The first kappa shape index (κ1) is 15.1. The minimum atomic E-state index is 0.199. The summed E-state index contributed by atoms with van der Waals surface area (Å²) >= 11 is 6.25. The lowest BCUT2D eigenvalue weighted by Crippen LogP contribution is -2.51. The highest BCUT2D eigenvalue weighted by Crippen LogP contribution is 2.34. The predicted octanol–water partition coefficient (Wildman–Crippen LogP) is 1.74. The molecule has 116 valence electrons. The first-order chi connectivity index (χ1) is 10.2. The van der Waals surface area contributed by atoms with E-state index in [9.17, 15) is 0 Å². The average Bonchev–Trinajstić information content (AvgIpc) is 2.92. The molecular weight excluding hydrogens is 288 g/mol. The zero-order valence-electron chi connectivity index (χ0n) is 12.7. The molecule has 2 atom stereocenters. The number of nitrogens with zero attached hydrogens (tertiary/aromatic N) is 1. The molecule has 0 amide bonds. The Bertz CT molecular complexity index is 509. The topological polar surface area (TPSA) is 33.7 Å². The Kier molecular flexibility index (Phi) is 4.69. The van der Waals surface area contributed by atoms with Gasteiger partial charge in [-0.25, -0.2) is 0 Å². The lowest BCUT2D eigenvalue weighted by molar-refractivity contribution is -0.0372. The van der Waals surface area contributed by atoms with Crippen LogP contribution in [0.4, 0.5) is 0 Å². The first-order valence-corrected chi connectivity index (χ1v) is 7.96. The van der Waals surface area contributed by atoms with Crippen LogP contribution in [0.1, 0.15) is 11.1 Å². The van der Waals surface area contributed by atoms with Gasteiger partial charge in [-0.3, -0.25) is 0 Å². The van der Waals surface area contributed by atoms with Gasteiger partial charge in [-0.15, -0.1) is 0 Å². The summed E-state index contributed by atoms with van der Waals surface area (Å²) in [5.74, 6) is 1.03. The molecule has 3 rings (SSSR count). The molecule has 1 saturated heterocycles. The van der Waals surface area contributed by atoms with Crippen molar-refractivity contribution < 1.29 is 9.47 Å². The normalized spacial score (nSPS) is 23.7. The molecule has 0 bridgehead atoms. The number of halogens is 1. The third-order valence-corrected chi connectivity index (χ3v) is 4.60. The van der Waals surface area contributed by atoms with Gasteiger partial charge in [-0.05, 0) is 43.8 Å². The molecule has 5 heteroatoms. The van der Waals surface area contributed by atoms with E-state index in [0.717, 1.165) is 49.9 Å². The lowest BCUT2D eigenvalue weighted by Gasteiger charge is -2.35. The van der Waals surface area contributed by atoms with Gasteiger partial charge in [0.05, 0.1) is 19.3 Å². The summed E-state index contributed by atoms with van der Waals surface area (Å²) in [6, 6.07) is 4.31. The minimum Gasteiger partial charge on any atom is -0.493 e. The molecule has 4 nitrogen and oxygen atoms in total. The monoisotopic (exact) mass is 310 g/mol. The molecular formula is C16H23ClN2O2. The summed E-state index contributed by atoms with van der Waals surface area (Å²) < 4.78 is 11.7. The van der Waals surface area contributed by atoms with Crippen LogP contribution < -0.4 is 10.1 Å². The molecule has 0 saturated carbocycles. The van der Waals surface area contributed by atoms with Gasteiger partial charge < -0.3 is 19.7 Å². The smallest absolute Gasteiger partial charge is 0.125 e. The van der Waals surface area contributed by atoms with E-state index in [1.807, 2.05) is 19.2 Å². The van der Waals surface area contributed by atoms with E-state index in [0.29, 0.717) is 0 Å². The van der Waals surface area contributed by atoms with Crippen molar-refractivity contribution >= 4 is 11.6 Å².